The van der Waals surface area contributed by atoms with Crippen molar-refractivity contribution in [2.75, 3.05) is 13.2 Å². The van der Waals surface area contributed by atoms with E-state index < -0.39 is 14.5 Å². The van der Waals surface area contributed by atoms with Crippen LogP contribution in [-0.2, 0) is 13.6 Å². The number of aliphatic hydroxyl groups excluding tert-OH is 1. The molecular weight excluding hydrogens is 169 g/mol. The van der Waals surface area contributed by atoms with Crippen molar-refractivity contribution in [3.05, 3.63) is 0 Å². The van der Waals surface area contributed by atoms with Gasteiger partial charge in [-0.1, -0.05) is 0 Å². The SMILES string of the molecule is CC(N)O[PH](=O)OCCCO. The van der Waals surface area contributed by atoms with Gasteiger partial charge in [0.25, 0.3) is 0 Å². The second kappa shape index (κ2) is 6.76. The summed E-state index contributed by atoms with van der Waals surface area (Å²) in [5.74, 6) is 0. The summed E-state index contributed by atoms with van der Waals surface area (Å²) < 4.78 is 20.0. The molecule has 0 aliphatic rings. The monoisotopic (exact) mass is 183 g/mol. The van der Waals surface area contributed by atoms with Crippen LogP contribution in [0.5, 0.6) is 0 Å². The van der Waals surface area contributed by atoms with Gasteiger partial charge in [-0.05, 0) is 13.3 Å². The van der Waals surface area contributed by atoms with Gasteiger partial charge in [0, 0.05) is 6.61 Å². The summed E-state index contributed by atoms with van der Waals surface area (Å²) in [5, 5.41) is 8.32. The Hall–Kier alpha value is 0.0700. The predicted molar refractivity (Wildman–Crippen MR) is 41.4 cm³/mol. The van der Waals surface area contributed by atoms with Crippen LogP contribution in [0, 0.1) is 0 Å². The van der Waals surface area contributed by atoms with E-state index >= 15 is 0 Å². The van der Waals surface area contributed by atoms with Gasteiger partial charge in [-0.25, -0.2) is 0 Å². The van der Waals surface area contributed by atoms with Gasteiger partial charge >= 0.3 is 8.25 Å². The van der Waals surface area contributed by atoms with Gasteiger partial charge in [0.05, 0.1) is 6.61 Å². The molecular formula is C5H14NO4P. The molecule has 0 saturated carbocycles. The number of hydrogen-bond acceptors (Lipinski definition) is 5. The molecule has 68 valence electrons. The van der Waals surface area contributed by atoms with Crippen molar-refractivity contribution in [2.24, 2.45) is 5.73 Å². The molecule has 5 nitrogen and oxygen atoms in total. The maximum Gasteiger partial charge on any atom is 0.320 e. The Balaban J connectivity index is 3.23. The zero-order valence-electron chi connectivity index (χ0n) is 6.45. The minimum Gasteiger partial charge on any atom is -0.396 e. The van der Waals surface area contributed by atoms with Crippen LogP contribution in [0.15, 0.2) is 0 Å². The zero-order chi connectivity index (χ0) is 8.69. The molecule has 0 spiro atoms. The first-order chi connectivity index (χ1) is 5.16. The van der Waals surface area contributed by atoms with Crippen molar-refractivity contribution in [3.8, 4) is 0 Å². The highest BCUT2D eigenvalue weighted by molar-refractivity contribution is 7.33. The van der Waals surface area contributed by atoms with Crippen molar-refractivity contribution in [1.82, 2.24) is 0 Å². The van der Waals surface area contributed by atoms with Gasteiger partial charge in [-0.15, -0.1) is 0 Å². The molecule has 0 bridgehead atoms. The minimum absolute atomic E-state index is 0.0212. The van der Waals surface area contributed by atoms with Crippen LogP contribution < -0.4 is 5.73 Å². The number of hydrogen-bond donors (Lipinski definition) is 2. The Kier molecular flexibility index (Phi) is 6.80. The quantitative estimate of drug-likeness (QED) is 0.346. The fourth-order valence-corrected chi connectivity index (χ4v) is 1.09. The molecule has 0 radical (unpaired) electrons. The summed E-state index contributed by atoms with van der Waals surface area (Å²) in [4.78, 5) is 0. The maximum atomic E-state index is 10.7. The summed E-state index contributed by atoms with van der Waals surface area (Å²) in [6, 6.07) is 0. The van der Waals surface area contributed by atoms with E-state index in [1.54, 1.807) is 6.92 Å². The van der Waals surface area contributed by atoms with E-state index in [1.807, 2.05) is 0 Å². The summed E-state index contributed by atoms with van der Waals surface area (Å²) in [6.07, 6.45) is -0.117. The van der Waals surface area contributed by atoms with E-state index in [0.29, 0.717) is 6.42 Å². The molecule has 0 aromatic carbocycles. The largest absolute Gasteiger partial charge is 0.396 e. The van der Waals surface area contributed by atoms with Crippen molar-refractivity contribution >= 4 is 8.25 Å². The van der Waals surface area contributed by atoms with Crippen LogP contribution in [0.25, 0.3) is 0 Å². The first-order valence-corrected chi connectivity index (χ1v) is 4.59. The van der Waals surface area contributed by atoms with Crippen molar-refractivity contribution in [1.29, 1.82) is 0 Å². The molecule has 0 aliphatic heterocycles. The lowest BCUT2D eigenvalue weighted by Gasteiger charge is -2.06. The second-order valence-corrected chi connectivity index (χ2v) is 3.02. The molecule has 6 heteroatoms. The number of nitrogens with two attached hydrogens (primary N) is 1. The van der Waals surface area contributed by atoms with Crippen LogP contribution in [0.1, 0.15) is 13.3 Å². The Labute approximate surface area is 66.4 Å². The fourth-order valence-electron chi connectivity index (χ4n) is 0.406. The Morgan fingerprint density at radius 1 is 1.73 bits per heavy atom. The van der Waals surface area contributed by atoms with Crippen LogP contribution in [0.4, 0.5) is 0 Å². The highest BCUT2D eigenvalue weighted by Crippen LogP contribution is 2.24. The Bertz CT molecular complexity index is 119. The van der Waals surface area contributed by atoms with Crippen LogP contribution in [0.2, 0.25) is 0 Å². The lowest BCUT2D eigenvalue weighted by Crippen LogP contribution is -2.15. The number of aliphatic hydroxyl groups is 1. The normalized spacial score (nSPS) is 16.3. The predicted octanol–water partition coefficient (Wildman–Crippen LogP) is 0.0964. The topological polar surface area (TPSA) is 81.8 Å². The van der Waals surface area contributed by atoms with Gasteiger partial charge in [-0.2, -0.15) is 0 Å². The van der Waals surface area contributed by atoms with Crippen LogP contribution in [-0.4, -0.2) is 24.5 Å². The fraction of sp³-hybridized carbons (Fsp3) is 1.00. The third kappa shape index (κ3) is 7.97. The maximum absolute atomic E-state index is 10.7. The molecule has 0 heterocycles. The van der Waals surface area contributed by atoms with Crippen LogP contribution >= 0.6 is 8.25 Å². The first-order valence-electron chi connectivity index (χ1n) is 3.36. The molecule has 2 unspecified atom stereocenters. The summed E-state index contributed by atoms with van der Waals surface area (Å²) >= 11 is 0. The average Bonchev–Trinajstić information content (AvgIpc) is 1.86. The molecule has 0 amide bonds. The van der Waals surface area contributed by atoms with E-state index in [9.17, 15) is 4.57 Å². The minimum atomic E-state index is -2.45. The Morgan fingerprint density at radius 3 is 2.82 bits per heavy atom. The molecule has 0 aromatic heterocycles. The van der Waals surface area contributed by atoms with Crippen molar-refractivity contribution in [3.63, 3.8) is 0 Å². The van der Waals surface area contributed by atoms with E-state index in [4.69, 9.17) is 10.8 Å². The molecule has 3 N–H and O–H groups in total. The van der Waals surface area contributed by atoms with E-state index in [-0.39, 0.29) is 13.2 Å². The summed E-state index contributed by atoms with van der Waals surface area (Å²) in [5.41, 5.74) is 5.17. The van der Waals surface area contributed by atoms with Gasteiger partial charge in [0.2, 0.25) is 0 Å². The number of rotatable bonds is 6. The zero-order valence-corrected chi connectivity index (χ0v) is 7.45. The van der Waals surface area contributed by atoms with Crippen molar-refractivity contribution in [2.45, 2.75) is 19.6 Å². The highest BCUT2D eigenvalue weighted by atomic mass is 31.1. The van der Waals surface area contributed by atoms with Crippen LogP contribution in [0.3, 0.4) is 0 Å². The summed E-state index contributed by atoms with van der Waals surface area (Å²) in [6.45, 7) is 1.83. The highest BCUT2D eigenvalue weighted by Gasteiger charge is 2.01. The molecule has 2 atom stereocenters. The molecule has 0 rings (SSSR count). The van der Waals surface area contributed by atoms with Gasteiger partial charge in [0.15, 0.2) is 0 Å². The molecule has 0 aromatic rings. The van der Waals surface area contributed by atoms with Gasteiger partial charge in [0.1, 0.15) is 6.23 Å². The standard InChI is InChI=1S/C5H14NO4P/c1-5(6)10-11(8)9-4-2-3-7/h5,7,11H,2-4,6H2,1H3. The third-order valence-electron chi connectivity index (χ3n) is 0.804. The lowest BCUT2D eigenvalue weighted by molar-refractivity contribution is 0.169. The third-order valence-corrected chi connectivity index (χ3v) is 1.81. The van der Waals surface area contributed by atoms with Gasteiger partial charge < -0.3 is 15.4 Å². The van der Waals surface area contributed by atoms with E-state index in [2.05, 4.69) is 9.05 Å². The Morgan fingerprint density at radius 2 is 2.36 bits per heavy atom. The lowest BCUT2D eigenvalue weighted by atomic mass is 10.5. The molecule has 11 heavy (non-hydrogen) atoms. The smallest absolute Gasteiger partial charge is 0.320 e. The van der Waals surface area contributed by atoms with E-state index in [0.717, 1.165) is 0 Å². The molecule has 0 saturated heterocycles. The average molecular weight is 183 g/mol. The summed E-state index contributed by atoms with van der Waals surface area (Å²) in [7, 11) is -2.45. The molecule has 0 fully saturated rings. The second-order valence-electron chi connectivity index (χ2n) is 2.00. The van der Waals surface area contributed by atoms with E-state index in [1.165, 1.54) is 0 Å². The van der Waals surface area contributed by atoms with Gasteiger partial charge in [-0.3, -0.25) is 9.09 Å². The van der Waals surface area contributed by atoms with Crippen molar-refractivity contribution < 1.29 is 18.7 Å². The first kappa shape index (κ1) is 11.1. The molecule has 0 aliphatic carbocycles.